The van der Waals surface area contributed by atoms with Crippen LogP contribution in [0.15, 0.2) is 30.3 Å². The SMILES string of the molecule is CCC1(CCc2ccccc2)NC(=O)N(NC(N)=O)C1=O. The molecule has 2 rings (SSSR count). The largest absolute Gasteiger partial charge is 0.350 e. The van der Waals surface area contributed by atoms with Crippen LogP contribution in [0.2, 0.25) is 0 Å². The van der Waals surface area contributed by atoms with Gasteiger partial charge in [-0.3, -0.25) is 4.79 Å². The van der Waals surface area contributed by atoms with Crippen LogP contribution in [0.5, 0.6) is 0 Å². The molecule has 7 nitrogen and oxygen atoms in total. The van der Waals surface area contributed by atoms with Crippen molar-refractivity contribution in [3.05, 3.63) is 35.9 Å². The molecule has 1 fully saturated rings. The summed E-state index contributed by atoms with van der Waals surface area (Å²) in [5, 5.41) is 3.31. The van der Waals surface area contributed by atoms with Gasteiger partial charge < -0.3 is 11.1 Å². The van der Waals surface area contributed by atoms with E-state index in [2.05, 4.69) is 5.32 Å². The lowest BCUT2D eigenvalue weighted by molar-refractivity contribution is -0.133. The number of hydrogen-bond acceptors (Lipinski definition) is 3. The minimum atomic E-state index is -1.00. The number of hydrogen-bond donors (Lipinski definition) is 3. The van der Waals surface area contributed by atoms with Crippen LogP contribution in [0.4, 0.5) is 9.59 Å². The molecule has 1 aliphatic heterocycles. The second-order valence-electron chi connectivity index (χ2n) is 4.97. The molecule has 5 amide bonds. The monoisotopic (exact) mass is 290 g/mol. The molecule has 1 saturated heterocycles. The number of carbonyl (C=O) groups excluding carboxylic acids is 3. The summed E-state index contributed by atoms with van der Waals surface area (Å²) in [6.45, 7) is 1.82. The van der Waals surface area contributed by atoms with Gasteiger partial charge in [-0.15, -0.1) is 0 Å². The second kappa shape index (κ2) is 5.82. The first-order chi connectivity index (χ1) is 9.98. The molecule has 21 heavy (non-hydrogen) atoms. The molecular weight excluding hydrogens is 272 g/mol. The molecule has 0 spiro atoms. The van der Waals surface area contributed by atoms with Gasteiger partial charge in [0.1, 0.15) is 5.54 Å². The fourth-order valence-corrected chi connectivity index (χ4v) is 2.42. The summed E-state index contributed by atoms with van der Waals surface area (Å²) in [6, 6.07) is 8.07. The van der Waals surface area contributed by atoms with E-state index in [1.807, 2.05) is 42.7 Å². The average molecular weight is 290 g/mol. The summed E-state index contributed by atoms with van der Waals surface area (Å²) in [6.07, 6.45) is 1.53. The van der Waals surface area contributed by atoms with Crippen molar-refractivity contribution in [1.29, 1.82) is 0 Å². The van der Waals surface area contributed by atoms with E-state index in [0.717, 1.165) is 5.56 Å². The van der Waals surface area contributed by atoms with Gasteiger partial charge in [-0.2, -0.15) is 5.01 Å². The highest BCUT2D eigenvalue weighted by Crippen LogP contribution is 2.25. The molecule has 112 valence electrons. The van der Waals surface area contributed by atoms with Gasteiger partial charge in [-0.05, 0) is 24.8 Å². The van der Waals surface area contributed by atoms with Gasteiger partial charge in [0.05, 0.1) is 0 Å². The molecule has 0 aliphatic carbocycles. The Morgan fingerprint density at radius 3 is 2.57 bits per heavy atom. The summed E-state index contributed by atoms with van der Waals surface area (Å²) in [5.74, 6) is -0.482. The van der Waals surface area contributed by atoms with Crippen molar-refractivity contribution in [2.24, 2.45) is 5.73 Å². The van der Waals surface area contributed by atoms with E-state index in [4.69, 9.17) is 5.73 Å². The topological polar surface area (TPSA) is 105 Å². The van der Waals surface area contributed by atoms with Gasteiger partial charge in [-0.25, -0.2) is 15.0 Å². The van der Waals surface area contributed by atoms with Crippen LogP contribution >= 0.6 is 0 Å². The number of carbonyl (C=O) groups is 3. The van der Waals surface area contributed by atoms with Crippen molar-refractivity contribution >= 4 is 18.0 Å². The lowest BCUT2D eigenvalue weighted by atomic mass is 9.89. The molecule has 0 aromatic heterocycles. The first kappa shape index (κ1) is 14.8. The maximum atomic E-state index is 12.4. The molecular formula is C14H18N4O3. The summed E-state index contributed by atoms with van der Waals surface area (Å²) >= 11 is 0. The van der Waals surface area contributed by atoms with Crippen molar-refractivity contribution in [2.45, 2.75) is 31.7 Å². The van der Waals surface area contributed by atoms with E-state index >= 15 is 0 Å². The molecule has 4 N–H and O–H groups in total. The van der Waals surface area contributed by atoms with Crippen molar-refractivity contribution in [2.75, 3.05) is 0 Å². The highest BCUT2D eigenvalue weighted by Gasteiger charge is 2.50. The minimum absolute atomic E-state index is 0.432. The summed E-state index contributed by atoms with van der Waals surface area (Å²) < 4.78 is 0. The summed E-state index contributed by atoms with van der Waals surface area (Å²) in [7, 11) is 0. The molecule has 1 unspecified atom stereocenters. The standard InChI is InChI=1S/C14H18N4O3/c1-2-14(9-8-10-6-4-3-5-7-10)11(19)18(13(21)16-14)17-12(15)20/h3-7H,2,8-9H2,1H3,(H,16,21)(H3,15,17,20). The van der Waals surface area contributed by atoms with Crippen molar-refractivity contribution in [3.8, 4) is 0 Å². The van der Waals surface area contributed by atoms with E-state index in [-0.39, 0.29) is 0 Å². The highest BCUT2D eigenvalue weighted by atomic mass is 16.2. The van der Waals surface area contributed by atoms with E-state index in [1.165, 1.54) is 0 Å². The van der Waals surface area contributed by atoms with Crippen molar-refractivity contribution in [1.82, 2.24) is 15.8 Å². The molecule has 0 radical (unpaired) electrons. The number of nitrogens with one attached hydrogen (secondary N) is 2. The molecule has 1 aliphatic rings. The predicted octanol–water partition coefficient (Wildman–Crippen LogP) is 0.903. The Morgan fingerprint density at radius 1 is 1.33 bits per heavy atom. The van der Waals surface area contributed by atoms with Gasteiger partial charge >= 0.3 is 12.1 Å². The Morgan fingerprint density at radius 2 is 2.00 bits per heavy atom. The Hall–Kier alpha value is -2.57. The normalized spacial score (nSPS) is 21.3. The molecule has 1 aromatic rings. The van der Waals surface area contributed by atoms with Gasteiger partial charge in [0.15, 0.2) is 0 Å². The maximum absolute atomic E-state index is 12.4. The van der Waals surface area contributed by atoms with E-state index < -0.39 is 23.5 Å². The van der Waals surface area contributed by atoms with E-state index in [9.17, 15) is 14.4 Å². The quantitative estimate of drug-likeness (QED) is 0.702. The lowest BCUT2D eigenvalue weighted by Crippen LogP contribution is -2.51. The van der Waals surface area contributed by atoms with E-state index in [0.29, 0.717) is 24.3 Å². The first-order valence-electron chi connectivity index (χ1n) is 6.75. The number of nitrogens with zero attached hydrogens (tertiary/aromatic N) is 1. The van der Waals surface area contributed by atoms with Gasteiger partial charge in [-0.1, -0.05) is 37.3 Å². The Labute approximate surface area is 122 Å². The fraction of sp³-hybridized carbons (Fsp3) is 0.357. The minimum Gasteiger partial charge on any atom is -0.350 e. The fourth-order valence-electron chi connectivity index (χ4n) is 2.42. The van der Waals surface area contributed by atoms with Crippen LogP contribution in [0.1, 0.15) is 25.3 Å². The van der Waals surface area contributed by atoms with Crippen LogP contribution in [0.25, 0.3) is 0 Å². The first-order valence-corrected chi connectivity index (χ1v) is 6.75. The average Bonchev–Trinajstić information content (AvgIpc) is 2.71. The number of hydrazine groups is 1. The van der Waals surface area contributed by atoms with Gasteiger partial charge in [0.25, 0.3) is 5.91 Å². The molecule has 7 heteroatoms. The Balaban J connectivity index is 2.12. The number of aryl methyl sites for hydroxylation is 1. The number of rotatable bonds is 5. The van der Waals surface area contributed by atoms with Crippen molar-refractivity contribution < 1.29 is 14.4 Å². The van der Waals surface area contributed by atoms with Gasteiger partial charge in [0, 0.05) is 0 Å². The number of primary amides is 1. The van der Waals surface area contributed by atoms with Crippen molar-refractivity contribution in [3.63, 3.8) is 0 Å². The Bertz CT molecular complexity index is 561. The smallest absolute Gasteiger partial charge is 0.344 e. The predicted molar refractivity (Wildman–Crippen MR) is 75.9 cm³/mol. The maximum Gasteiger partial charge on any atom is 0.344 e. The molecule has 0 saturated carbocycles. The summed E-state index contributed by atoms with van der Waals surface area (Å²) in [5.41, 5.74) is 7.08. The zero-order chi connectivity index (χ0) is 15.5. The lowest BCUT2D eigenvalue weighted by Gasteiger charge is -2.25. The van der Waals surface area contributed by atoms with Gasteiger partial charge in [0.2, 0.25) is 0 Å². The second-order valence-corrected chi connectivity index (χ2v) is 4.97. The summed E-state index contributed by atoms with van der Waals surface area (Å²) in [4.78, 5) is 35.1. The van der Waals surface area contributed by atoms with Crippen LogP contribution in [-0.4, -0.2) is 28.5 Å². The van der Waals surface area contributed by atoms with Crippen LogP contribution in [0.3, 0.4) is 0 Å². The number of benzene rings is 1. The van der Waals surface area contributed by atoms with Crippen LogP contribution in [-0.2, 0) is 11.2 Å². The molecule has 1 aromatic carbocycles. The third-order valence-electron chi connectivity index (χ3n) is 3.67. The zero-order valence-electron chi connectivity index (χ0n) is 11.8. The number of imide groups is 1. The third-order valence-corrected chi connectivity index (χ3v) is 3.67. The van der Waals surface area contributed by atoms with E-state index in [1.54, 1.807) is 0 Å². The Kier molecular flexibility index (Phi) is 4.11. The molecule has 1 atom stereocenters. The number of urea groups is 2. The molecule has 1 heterocycles. The number of nitrogens with two attached hydrogens (primary N) is 1. The molecule has 0 bridgehead atoms. The highest BCUT2D eigenvalue weighted by molar-refractivity contribution is 6.07. The van der Waals surface area contributed by atoms with Crippen LogP contribution < -0.4 is 16.5 Å². The zero-order valence-corrected chi connectivity index (χ0v) is 11.8. The van der Waals surface area contributed by atoms with Crippen LogP contribution in [0, 0.1) is 0 Å². The third kappa shape index (κ3) is 2.96. The number of amides is 5.